The molecule has 22 heavy (non-hydrogen) atoms. The van der Waals surface area contributed by atoms with Gasteiger partial charge < -0.3 is 10.6 Å². The lowest BCUT2D eigenvalue weighted by molar-refractivity contribution is 0.256. The normalized spacial score (nSPS) is 14.5. The first-order valence-electron chi connectivity index (χ1n) is 7.20. The molecule has 2 amide bonds. The van der Waals surface area contributed by atoms with Crippen LogP contribution in [0.3, 0.4) is 0 Å². The van der Waals surface area contributed by atoms with Crippen molar-refractivity contribution >= 4 is 33.3 Å². The number of fused-ring (bicyclic) bond motifs is 1. The monoisotopic (exact) mass is 359 g/mol. The van der Waals surface area contributed by atoms with E-state index in [2.05, 4.69) is 33.9 Å². The molecule has 1 aliphatic heterocycles. The molecule has 1 aliphatic rings. The van der Waals surface area contributed by atoms with E-state index in [1.165, 1.54) is 11.1 Å². The number of likely N-dealkylation sites (N-methyl/N-ethyl adjacent to an activating group) is 1. The first-order valence-corrected chi connectivity index (χ1v) is 8.00. The van der Waals surface area contributed by atoms with Gasteiger partial charge in [-0.3, -0.25) is 4.90 Å². The standard InChI is InChI=1S/C17H18BrN3O/c1-20-9-8-15-12(11-20)4-2-7-16(15)21(17(19)22)14-6-3-5-13(18)10-14/h2-7,10H,8-9,11H2,1H3,(H2,19,22). The fourth-order valence-corrected chi connectivity index (χ4v) is 3.33. The Morgan fingerprint density at radius 3 is 2.77 bits per heavy atom. The molecule has 0 unspecified atom stereocenters. The molecule has 3 rings (SSSR count). The van der Waals surface area contributed by atoms with Gasteiger partial charge in [0, 0.05) is 17.6 Å². The molecule has 0 saturated heterocycles. The number of anilines is 2. The number of carbonyl (C=O) groups is 1. The molecule has 0 spiro atoms. The summed E-state index contributed by atoms with van der Waals surface area (Å²) >= 11 is 3.45. The summed E-state index contributed by atoms with van der Waals surface area (Å²) in [5.41, 5.74) is 9.80. The van der Waals surface area contributed by atoms with E-state index in [4.69, 9.17) is 5.73 Å². The number of rotatable bonds is 2. The lowest BCUT2D eigenvalue weighted by Crippen LogP contribution is -2.34. The fourth-order valence-electron chi connectivity index (χ4n) is 2.94. The number of amides is 2. The summed E-state index contributed by atoms with van der Waals surface area (Å²) in [6.45, 7) is 1.88. The minimum atomic E-state index is -0.467. The van der Waals surface area contributed by atoms with Crippen LogP contribution in [0.15, 0.2) is 46.9 Å². The molecule has 0 aliphatic carbocycles. The zero-order valence-electron chi connectivity index (χ0n) is 12.4. The quantitative estimate of drug-likeness (QED) is 0.889. The third-order valence-corrected chi connectivity index (χ3v) is 4.45. The molecule has 0 atom stereocenters. The van der Waals surface area contributed by atoms with E-state index in [9.17, 15) is 4.79 Å². The lowest BCUT2D eigenvalue weighted by Gasteiger charge is -2.30. The Bertz CT molecular complexity index is 717. The number of benzene rings is 2. The number of urea groups is 1. The van der Waals surface area contributed by atoms with Crippen molar-refractivity contribution in [3.8, 4) is 0 Å². The van der Waals surface area contributed by atoms with Gasteiger partial charge >= 0.3 is 6.03 Å². The Kier molecular flexibility index (Phi) is 4.18. The fraction of sp³-hybridized carbons (Fsp3) is 0.235. The van der Waals surface area contributed by atoms with Crippen LogP contribution in [0.2, 0.25) is 0 Å². The van der Waals surface area contributed by atoms with Crippen molar-refractivity contribution in [2.45, 2.75) is 13.0 Å². The van der Waals surface area contributed by atoms with E-state index in [0.29, 0.717) is 0 Å². The molecule has 2 aromatic carbocycles. The van der Waals surface area contributed by atoms with Gasteiger partial charge in [0.05, 0.1) is 11.4 Å². The van der Waals surface area contributed by atoms with Gasteiger partial charge in [-0.15, -0.1) is 0 Å². The zero-order chi connectivity index (χ0) is 15.7. The molecule has 0 radical (unpaired) electrons. The molecule has 0 bridgehead atoms. The van der Waals surface area contributed by atoms with Gasteiger partial charge in [0.25, 0.3) is 0 Å². The predicted octanol–water partition coefficient (Wildman–Crippen LogP) is 3.65. The first kappa shape index (κ1) is 15.1. The van der Waals surface area contributed by atoms with E-state index in [1.54, 1.807) is 4.90 Å². The van der Waals surface area contributed by atoms with Crippen LogP contribution >= 0.6 is 15.9 Å². The SMILES string of the molecule is CN1CCc2c(cccc2N(C(N)=O)c2cccc(Br)c2)C1. The molecular weight excluding hydrogens is 342 g/mol. The van der Waals surface area contributed by atoms with E-state index >= 15 is 0 Å². The van der Waals surface area contributed by atoms with Gasteiger partial charge in [0.15, 0.2) is 0 Å². The predicted molar refractivity (Wildman–Crippen MR) is 92.3 cm³/mol. The van der Waals surface area contributed by atoms with Crippen molar-refractivity contribution in [1.82, 2.24) is 4.90 Å². The Morgan fingerprint density at radius 2 is 2.05 bits per heavy atom. The van der Waals surface area contributed by atoms with Crippen molar-refractivity contribution in [1.29, 1.82) is 0 Å². The van der Waals surface area contributed by atoms with E-state index in [-0.39, 0.29) is 0 Å². The summed E-state index contributed by atoms with van der Waals surface area (Å²) in [4.78, 5) is 16.0. The van der Waals surface area contributed by atoms with Gasteiger partial charge in [-0.2, -0.15) is 0 Å². The van der Waals surface area contributed by atoms with Crippen LogP contribution < -0.4 is 10.6 Å². The Hall–Kier alpha value is -1.85. The molecule has 2 aromatic rings. The van der Waals surface area contributed by atoms with Gasteiger partial charge in [-0.1, -0.05) is 34.1 Å². The van der Waals surface area contributed by atoms with Gasteiger partial charge in [-0.25, -0.2) is 4.79 Å². The minimum Gasteiger partial charge on any atom is -0.351 e. The van der Waals surface area contributed by atoms with Gasteiger partial charge in [-0.05, 0) is 48.9 Å². The summed E-state index contributed by atoms with van der Waals surface area (Å²) < 4.78 is 0.917. The molecule has 4 nitrogen and oxygen atoms in total. The second kappa shape index (κ2) is 6.10. The largest absolute Gasteiger partial charge is 0.351 e. The van der Waals surface area contributed by atoms with Gasteiger partial charge in [0.1, 0.15) is 0 Å². The smallest absolute Gasteiger partial charge is 0.323 e. The number of halogens is 1. The number of carbonyl (C=O) groups excluding carboxylic acids is 1. The molecule has 0 saturated carbocycles. The highest BCUT2D eigenvalue weighted by Gasteiger charge is 2.23. The highest BCUT2D eigenvalue weighted by molar-refractivity contribution is 9.10. The van der Waals surface area contributed by atoms with Crippen LogP contribution in [0.1, 0.15) is 11.1 Å². The van der Waals surface area contributed by atoms with Crippen LogP contribution in [-0.2, 0) is 13.0 Å². The number of primary amides is 1. The van der Waals surface area contributed by atoms with Crippen LogP contribution in [0, 0.1) is 0 Å². The highest BCUT2D eigenvalue weighted by Crippen LogP contribution is 2.34. The number of hydrogen-bond donors (Lipinski definition) is 1. The second-order valence-corrected chi connectivity index (χ2v) is 6.47. The van der Waals surface area contributed by atoms with E-state index in [0.717, 1.165) is 35.4 Å². The maximum absolute atomic E-state index is 12.1. The average Bonchev–Trinajstić information content (AvgIpc) is 2.47. The Morgan fingerprint density at radius 1 is 1.27 bits per heavy atom. The number of nitrogens with zero attached hydrogens (tertiary/aromatic N) is 2. The minimum absolute atomic E-state index is 0.467. The van der Waals surface area contributed by atoms with E-state index < -0.39 is 6.03 Å². The molecule has 0 aromatic heterocycles. The van der Waals surface area contributed by atoms with Crippen LogP contribution in [-0.4, -0.2) is 24.5 Å². The van der Waals surface area contributed by atoms with Crippen molar-refractivity contribution in [2.24, 2.45) is 5.73 Å². The molecule has 2 N–H and O–H groups in total. The van der Waals surface area contributed by atoms with Crippen LogP contribution in [0.5, 0.6) is 0 Å². The Labute approximate surface area is 138 Å². The first-order chi connectivity index (χ1) is 10.6. The molecule has 1 heterocycles. The maximum Gasteiger partial charge on any atom is 0.323 e. The molecule has 114 valence electrons. The van der Waals surface area contributed by atoms with Crippen LogP contribution in [0.25, 0.3) is 0 Å². The van der Waals surface area contributed by atoms with Crippen molar-refractivity contribution in [3.05, 3.63) is 58.1 Å². The average molecular weight is 360 g/mol. The lowest BCUT2D eigenvalue weighted by atomic mass is 9.97. The van der Waals surface area contributed by atoms with Crippen molar-refractivity contribution in [3.63, 3.8) is 0 Å². The maximum atomic E-state index is 12.1. The number of hydrogen-bond acceptors (Lipinski definition) is 2. The summed E-state index contributed by atoms with van der Waals surface area (Å²) in [6.07, 6.45) is 0.916. The van der Waals surface area contributed by atoms with Gasteiger partial charge in [0.2, 0.25) is 0 Å². The second-order valence-electron chi connectivity index (χ2n) is 5.56. The molecule has 0 fully saturated rings. The summed E-state index contributed by atoms with van der Waals surface area (Å²) in [7, 11) is 2.11. The van der Waals surface area contributed by atoms with Crippen molar-refractivity contribution in [2.75, 3.05) is 18.5 Å². The van der Waals surface area contributed by atoms with Crippen LogP contribution in [0.4, 0.5) is 16.2 Å². The van der Waals surface area contributed by atoms with E-state index in [1.807, 2.05) is 36.4 Å². The summed E-state index contributed by atoms with van der Waals surface area (Å²) in [5.74, 6) is 0. The number of nitrogens with two attached hydrogens (primary N) is 1. The highest BCUT2D eigenvalue weighted by atomic mass is 79.9. The molecule has 5 heteroatoms. The Balaban J connectivity index is 2.11. The summed E-state index contributed by atoms with van der Waals surface area (Å²) in [5, 5.41) is 0. The third kappa shape index (κ3) is 2.87. The van der Waals surface area contributed by atoms with Crippen molar-refractivity contribution < 1.29 is 4.79 Å². The zero-order valence-corrected chi connectivity index (χ0v) is 14.0. The molecular formula is C17H18BrN3O. The third-order valence-electron chi connectivity index (χ3n) is 3.96. The topological polar surface area (TPSA) is 49.6 Å². The summed E-state index contributed by atoms with van der Waals surface area (Å²) in [6, 6.07) is 13.2.